The van der Waals surface area contributed by atoms with Gasteiger partial charge < -0.3 is 25.5 Å². The summed E-state index contributed by atoms with van der Waals surface area (Å²) in [6.07, 6.45) is 1.60. The highest BCUT2D eigenvalue weighted by atomic mass is 19.3. The average molecular weight is 444 g/mol. The molecule has 0 aromatic heterocycles. The number of piperidine rings is 2. The van der Waals surface area contributed by atoms with E-state index in [-0.39, 0.29) is 24.6 Å². The molecule has 0 saturated carbocycles. The zero-order valence-corrected chi connectivity index (χ0v) is 17.6. The van der Waals surface area contributed by atoms with Crippen LogP contribution in [0, 0.1) is 0 Å². The van der Waals surface area contributed by atoms with Gasteiger partial charge in [-0.2, -0.15) is 0 Å². The van der Waals surface area contributed by atoms with Crippen molar-refractivity contribution in [3.8, 4) is 5.75 Å². The summed E-state index contributed by atoms with van der Waals surface area (Å²) in [6.45, 7) is 0.814. The Kier molecular flexibility index (Phi) is 6.16. The topological polar surface area (TPSA) is 84.9 Å². The van der Waals surface area contributed by atoms with Crippen LogP contribution < -0.4 is 20.4 Å². The summed E-state index contributed by atoms with van der Waals surface area (Å²) < 4.78 is 27.4. The van der Waals surface area contributed by atoms with Gasteiger partial charge in [-0.25, -0.2) is 13.6 Å². The summed E-state index contributed by atoms with van der Waals surface area (Å²) in [4.78, 5) is 28.6. The molecule has 3 amide bonds. The number of alkyl halides is 2. The van der Waals surface area contributed by atoms with Crippen LogP contribution in [0.1, 0.15) is 25.7 Å². The number of phenolic OH excluding ortho intramolecular Hbond substituents is 1. The maximum atomic E-state index is 13.7. The summed E-state index contributed by atoms with van der Waals surface area (Å²) in [5, 5.41) is 14.7. The first-order valence-electron chi connectivity index (χ1n) is 10.7. The molecule has 2 aliphatic heterocycles. The smallest absolute Gasteiger partial charge is 0.319 e. The van der Waals surface area contributed by atoms with Crippen LogP contribution in [-0.4, -0.2) is 48.6 Å². The van der Waals surface area contributed by atoms with E-state index in [0.717, 1.165) is 6.42 Å². The summed E-state index contributed by atoms with van der Waals surface area (Å²) in [5.41, 5.74) is 1.88. The van der Waals surface area contributed by atoms with Gasteiger partial charge in [0.15, 0.2) is 0 Å². The van der Waals surface area contributed by atoms with E-state index in [1.807, 2.05) is 0 Å². The Morgan fingerprint density at radius 2 is 1.69 bits per heavy atom. The lowest BCUT2D eigenvalue weighted by atomic mass is 10.0. The van der Waals surface area contributed by atoms with Crippen LogP contribution in [0.15, 0.2) is 48.5 Å². The van der Waals surface area contributed by atoms with Gasteiger partial charge in [0, 0.05) is 36.6 Å². The first-order valence-corrected chi connectivity index (χ1v) is 10.7. The Balaban J connectivity index is 1.38. The zero-order valence-electron chi connectivity index (χ0n) is 17.6. The lowest BCUT2D eigenvalue weighted by Crippen LogP contribution is -2.53. The van der Waals surface area contributed by atoms with Crippen molar-refractivity contribution < 1.29 is 23.5 Å². The number of carbonyl (C=O) groups is 2. The van der Waals surface area contributed by atoms with Gasteiger partial charge in [-0.05, 0) is 67.8 Å². The number of phenols is 1. The van der Waals surface area contributed by atoms with E-state index < -0.39 is 18.0 Å². The maximum Gasteiger partial charge on any atom is 0.319 e. The molecule has 4 rings (SSSR count). The maximum absolute atomic E-state index is 13.7. The van der Waals surface area contributed by atoms with Gasteiger partial charge in [0.25, 0.3) is 5.92 Å². The van der Waals surface area contributed by atoms with E-state index in [1.165, 1.54) is 12.1 Å². The SMILES string of the molecule is O=C(Nc1ccc(O)cc1)N[C@@H]1CCCN(c2ccc(N3CCCC(F)(F)C3)cc2)C1=O. The Morgan fingerprint density at radius 3 is 2.38 bits per heavy atom. The second-order valence-corrected chi connectivity index (χ2v) is 8.23. The quantitative estimate of drug-likeness (QED) is 0.624. The number of aromatic hydroxyl groups is 1. The number of benzene rings is 2. The van der Waals surface area contributed by atoms with Gasteiger partial charge >= 0.3 is 6.03 Å². The molecule has 0 spiro atoms. The molecule has 2 aromatic carbocycles. The van der Waals surface area contributed by atoms with E-state index in [1.54, 1.807) is 46.2 Å². The number of amides is 3. The Morgan fingerprint density at radius 1 is 1.00 bits per heavy atom. The van der Waals surface area contributed by atoms with Crippen LogP contribution in [0.25, 0.3) is 0 Å². The fourth-order valence-corrected chi connectivity index (χ4v) is 4.17. The molecular weight excluding hydrogens is 418 g/mol. The van der Waals surface area contributed by atoms with Crippen molar-refractivity contribution in [2.75, 3.05) is 34.8 Å². The molecule has 32 heavy (non-hydrogen) atoms. The fraction of sp³-hybridized carbons (Fsp3) is 0.391. The minimum absolute atomic E-state index is 0.0847. The number of hydrogen-bond acceptors (Lipinski definition) is 4. The molecule has 7 nitrogen and oxygen atoms in total. The van der Waals surface area contributed by atoms with Gasteiger partial charge in [0.1, 0.15) is 11.8 Å². The molecule has 3 N–H and O–H groups in total. The average Bonchev–Trinajstić information content (AvgIpc) is 2.76. The third-order valence-electron chi connectivity index (χ3n) is 5.79. The van der Waals surface area contributed by atoms with Crippen molar-refractivity contribution in [1.29, 1.82) is 0 Å². The van der Waals surface area contributed by atoms with E-state index in [0.29, 0.717) is 43.0 Å². The standard InChI is InChI=1S/C23H26F2N4O3/c24-23(25)12-2-13-28(15-23)17-6-8-18(9-7-17)29-14-1-3-20(21(29)31)27-22(32)26-16-4-10-19(30)11-5-16/h4-11,20,30H,1-3,12-15H2,(H2,26,27,32)/t20-/m1/s1. The summed E-state index contributed by atoms with van der Waals surface area (Å²) in [7, 11) is 0. The van der Waals surface area contributed by atoms with Crippen molar-refractivity contribution in [3.05, 3.63) is 48.5 Å². The van der Waals surface area contributed by atoms with E-state index >= 15 is 0 Å². The molecule has 2 aliphatic rings. The highest BCUT2D eigenvalue weighted by Gasteiger charge is 2.35. The van der Waals surface area contributed by atoms with Crippen molar-refractivity contribution in [2.24, 2.45) is 0 Å². The second kappa shape index (κ2) is 9.02. The molecule has 2 heterocycles. The summed E-state index contributed by atoms with van der Waals surface area (Å²) in [5.74, 6) is -2.80. The van der Waals surface area contributed by atoms with Gasteiger partial charge in [0.05, 0.1) is 6.54 Å². The number of nitrogens with one attached hydrogen (secondary N) is 2. The van der Waals surface area contributed by atoms with Crippen LogP contribution in [0.3, 0.4) is 0 Å². The van der Waals surface area contributed by atoms with E-state index in [2.05, 4.69) is 10.6 Å². The monoisotopic (exact) mass is 444 g/mol. The molecule has 2 fully saturated rings. The Hall–Kier alpha value is -3.36. The number of urea groups is 1. The molecule has 170 valence electrons. The highest BCUT2D eigenvalue weighted by molar-refractivity contribution is 6.01. The normalized spacial score (nSPS) is 20.7. The molecule has 0 radical (unpaired) electrons. The largest absolute Gasteiger partial charge is 0.508 e. The molecular formula is C23H26F2N4O3. The lowest BCUT2D eigenvalue weighted by Gasteiger charge is -2.35. The predicted molar refractivity (Wildman–Crippen MR) is 118 cm³/mol. The second-order valence-electron chi connectivity index (χ2n) is 8.23. The van der Waals surface area contributed by atoms with Gasteiger partial charge in [-0.1, -0.05) is 0 Å². The Bertz CT molecular complexity index is 966. The number of halogens is 2. The first-order chi connectivity index (χ1) is 15.3. The highest BCUT2D eigenvalue weighted by Crippen LogP contribution is 2.31. The molecule has 2 aromatic rings. The fourth-order valence-electron chi connectivity index (χ4n) is 4.17. The predicted octanol–water partition coefficient (Wildman–Crippen LogP) is 3.94. The minimum Gasteiger partial charge on any atom is -0.508 e. The van der Waals surface area contributed by atoms with Gasteiger partial charge in [0.2, 0.25) is 5.91 Å². The summed E-state index contributed by atoms with van der Waals surface area (Å²) in [6, 6.07) is 11.9. The van der Waals surface area contributed by atoms with Crippen LogP contribution in [0.2, 0.25) is 0 Å². The molecule has 2 saturated heterocycles. The van der Waals surface area contributed by atoms with Crippen molar-refractivity contribution in [2.45, 2.75) is 37.6 Å². The molecule has 9 heteroatoms. The third-order valence-corrected chi connectivity index (χ3v) is 5.79. The number of hydrogen-bond donors (Lipinski definition) is 3. The third kappa shape index (κ3) is 5.09. The molecule has 0 unspecified atom stereocenters. The van der Waals surface area contributed by atoms with Crippen molar-refractivity contribution in [1.82, 2.24) is 5.32 Å². The lowest BCUT2D eigenvalue weighted by molar-refractivity contribution is -0.121. The van der Waals surface area contributed by atoms with Crippen LogP contribution >= 0.6 is 0 Å². The van der Waals surface area contributed by atoms with E-state index in [9.17, 15) is 23.5 Å². The number of carbonyl (C=O) groups excluding carboxylic acids is 2. The van der Waals surface area contributed by atoms with Gasteiger partial charge in [-0.15, -0.1) is 0 Å². The molecule has 1 atom stereocenters. The van der Waals surface area contributed by atoms with Crippen LogP contribution in [0.5, 0.6) is 5.75 Å². The summed E-state index contributed by atoms with van der Waals surface area (Å²) >= 11 is 0. The molecule has 0 aliphatic carbocycles. The Labute approximate surface area is 185 Å². The van der Waals surface area contributed by atoms with Crippen LogP contribution in [-0.2, 0) is 4.79 Å². The van der Waals surface area contributed by atoms with Crippen LogP contribution in [0.4, 0.5) is 30.6 Å². The number of rotatable bonds is 4. The van der Waals surface area contributed by atoms with Gasteiger partial charge in [-0.3, -0.25) is 4.79 Å². The number of nitrogens with zero attached hydrogens (tertiary/aromatic N) is 2. The minimum atomic E-state index is -2.68. The molecule has 0 bridgehead atoms. The zero-order chi connectivity index (χ0) is 22.7. The number of anilines is 3. The van der Waals surface area contributed by atoms with Crippen molar-refractivity contribution >= 4 is 29.0 Å². The van der Waals surface area contributed by atoms with E-state index in [4.69, 9.17) is 0 Å². The van der Waals surface area contributed by atoms with Crippen molar-refractivity contribution in [3.63, 3.8) is 0 Å². The first kappa shape index (κ1) is 21.9.